The average molecular weight is 375 g/mol. The summed E-state index contributed by atoms with van der Waals surface area (Å²) >= 11 is 3.06. The van der Waals surface area contributed by atoms with Crippen molar-refractivity contribution in [3.63, 3.8) is 0 Å². The highest BCUT2D eigenvalue weighted by atomic mass is 79.9. The van der Waals surface area contributed by atoms with Gasteiger partial charge in [-0.05, 0) is 30.3 Å². The van der Waals surface area contributed by atoms with Gasteiger partial charge in [0.05, 0.1) is 11.3 Å². The van der Waals surface area contributed by atoms with Crippen LogP contribution >= 0.6 is 15.9 Å². The summed E-state index contributed by atoms with van der Waals surface area (Å²) in [4.78, 5) is 14.2. The van der Waals surface area contributed by atoms with Crippen LogP contribution in [0.4, 0.5) is 10.1 Å². The predicted molar refractivity (Wildman–Crippen MR) is 76.1 cm³/mol. The molecule has 110 valence electrons. The molecule has 0 saturated carbocycles. The van der Waals surface area contributed by atoms with E-state index in [2.05, 4.69) is 20.9 Å². The van der Waals surface area contributed by atoms with Gasteiger partial charge in [0.25, 0.3) is 10.0 Å². The normalized spacial score (nSPS) is 11.1. The number of hydrogen-bond acceptors (Lipinski definition) is 4. The number of benzene rings is 1. The molecule has 2 aromatic rings. The van der Waals surface area contributed by atoms with Crippen LogP contribution in [0.2, 0.25) is 0 Å². The number of carboxylic acids is 1. The van der Waals surface area contributed by atoms with Gasteiger partial charge in [0.2, 0.25) is 0 Å². The fourth-order valence-corrected chi connectivity index (χ4v) is 2.77. The first-order valence-corrected chi connectivity index (χ1v) is 7.74. The zero-order chi connectivity index (χ0) is 15.6. The summed E-state index contributed by atoms with van der Waals surface area (Å²) in [6, 6.07) is 5.97. The van der Waals surface area contributed by atoms with E-state index in [0.717, 1.165) is 24.4 Å². The minimum atomic E-state index is -4.10. The van der Waals surface area contributed by atoms with E-state index in [1.807, 2.05) is 4.72 Å². The first-order valence-electron chi connectivity index (χ1n) is 5.47. The molecule has 0 spiro atoms. The summed E-state index contributed by atoms with van der Waals surface area (Å²) in [5, 5.41) is 8.31. The summed E-state index contributed by atoms with van der Waals surface area (Å²) in [5.41, 5.74) is -0.383. The Kier molecular flexibility index (Phi) is 4.24. The van der Waals surface area contributed by atoms with E-state index in [1.165, 1.54) is 12.1 Å². The Labute approximate surface area is 127 Å². The zero-order valence-corrected chi connectivity index (χ0v) is 12.6. The Hall–Kier alpha value is -2.00. The topological polar surface area (TPSA) is 96.4 Å². The van der Waals surface area contributed by atoms with E-state index >= 15 is 0 Å². The van der Waals surface area contributed by atoms with Gasteiger partial charge in [-0.3, -0.25) is 4.72 Å². The quantitative estimate of drug-likeness (QED) is 0.856. The zero-order valence-electron chi connectivity index (χ0n) is 10.2. The van der Waals surface area contributed by atoms with Gasteiger partial charge in [0.1, 0.15) is 5.82 Å². The van der Waals surface area contributed by atoms with Crippen LogP contribution in [0.15, 0.2) is 46.0 Å². The summed E-state index contributed by atoms with van der Waals surface area (Å²) in [5.74, 6) is -1.98. The highest BCUT2D eigenvalue weighted by molar-refractivity contribution is 9.10. The van der Waals surface area contributed by atoms with E-state index in [1.54, 1.807) is 0 Å². The molecule has 0 amide bonds. The molecule has 9 heteroatoms. The SMILES string of the molecule is O=C(O)c1ccc(S(=O)(=O)Nc2ccc(Br)cc2F)nc1. The largest absolute Gasteiger partial charge is 0.478 e. The van der Waals surface area contributed by atoms with E-state index in [9.17, 15) is 17.6 Å². The lowest BCUT2D eigenvalue weighted by atomic mass is 10.3. The third-order valence-electron chi connectivity index (χ3n) is 2.43. The van der Waals surface area contributed by atoms with Gasteiger partial charge in [-0.2, -0.15) is 8.42 Å². The molecule has 0 atom stereocenters. The maximum Gasteiger partial charge on any atom is 0.337 e. The van der Waals surface area contributed by atoms with Crippen molar-refractivity contribution in [2.24, 2.45) is 0 Å². The Morgan fingerprint density at radius 2 is 2.00 bits per heavy atom. The molecule has 1 aromatic carbocycles. The van der Waals surface area contributed by atoms with Crippen LogP contribution in [0.1, 0.15) is 10.4 Å². The highest BCUT2D eigenvalue weighted by Crippen LogP contribution is 2.22. The number of nitrogens with one attached hydrogen (secondary N) is 1. The Balaban J connectivity index is 2.31. The molecular formula is C12H8BrFN2O4S. The van der Waals surface area contributed by atoms with Crippen molar-refractivity contribution in [2.75, 3.05) is 4.72 Å². The molecule has 1 aromatic heterocycles. The minimum Gasteiger partial charge on any atom is -0.478 e. The third-order valence-corrected chi connectivity index (χ3v) is 4.21. The van der Waals surface area contributed by atoms with Crippen LogP contribution in [0.5, 0.6) is 0 Å². The molecule has 2 rings (SSSR count). The van der Waals surface area contributed by atoms with Crippen molar-refractivity contribution in [3.05, 3.63) is 52.4 Å². The molecule has 6 nitrogen and oxygen atoms in total. The van der Waals surface area contributed by atoms with Crippen LogP contribution in [0.3, 0.4) is 0 Å². The van der Waals surface area contributed by atoms with Gasteiger partial charge in [-0.25, -0.2) is 14.2 Å². The summed E-state index contributed by atoms with van der Waals surface area (Å²) in [6.07, 6.45) is 0.912. The van der Waals surface area contributed by atoms with Gasteiger partial charge >= 0.3 is 5.97 Å². The number of hydrogen-bond donors (Lipinski definition) is 2. The molecule has 0 saturated heterocycles. The van der Waals surface area contributed by atoms with Gasteiger partial charge in [-0.15, -0.1) is 0 Å². The standard InChI is InChI=1S/C12H8BrFN2O4S/c13-8-2-3-10(9(14)5-8)16-21(19,20)11-4-1-7(6-15-11)12(17)18/h1-6,16H,(H,17,18). The number of halogens is 2. The first-order chi connectivity index (χ1) is 9.79. The number of sulfonamides is 1. The minimum absolute atomic E-state index is 0.149. The van der Waals surface area contributed by atoms with Gasteiger partial charge in [0.15, 0.2) is 5.03 Å². The molecule has 0 aliphatic rings. The number of anilines is 1. The molecule has 2 N–H and O–H groups in total. The monoisotopic (exact) mass is 374 g/mol. The second-order valence-corrected chi connectivity index (χ2v) is 6.46. The number of pyridine rings is 1. The van der Waals surface area contributed by atoms with Crippen LogP contribution in [-0.4, -0.2) is 24.5 Å². The molecule has 0 fully saturated rings. The van der Waals surface area contributed by atoms with Crippen molar-refractivity contribution >= 4 is 37.6 Å². The van der Waals surface area contributed by atoms with E-state index in [4.69, 9.17) is 5.11 Å². The molecule has 0 aliphatic carbocycles. The fourth-order valence-electron chi connectivity index (χ4n) is 1.44. The van der Waals surface area contributed by atoms with Crippen molar-refractivity contribution < 1.29 is 22.7 Å². The van der Waals surface area contributed by atoms with Crippen LogP contribution in [-0.2, 0) is 10.0 Å². The number of carboxylic acid groups (broad SMARTS) is 1. The lowest BCUT2D eigenvalue weighted by Crippen LogP contribution is -2.15. The summed E-state index contributed by atoms with van der Waals surface area (Å²) in [6.45, 7) is 0. The van der Waals surface area contributed by atoms with Gasteiger partial charge < -0.3 is 5.11 Å². The Morgan fingerprint density at radius 3 is 2.52 bits per heavy atom. The fraction of sp³-hybridized carbons (Fsp3) is 0. The number of nitrogens with zero attached hydrogens (tertiary/aromatic N) is 1. The molecule has 0 radical (unpaired) electrons. The third kappa shape index (κ3) is 3.56. The second kappa shape index (κ2) is 5.78. The molecular weight excluding hydrogens is 367 g/mol. The molecule has 1 heterocycles. The van der Waals surface area contributed by atoms with Crippen LogP contribution in [0, 0.1) is 5.82 Å². The molecule has 0 bridgehead atoms. The van der Waals surface area contributed by atoms with Gasteiger partial charge in [-0.1, -0.05) is 15.9 Å². The summed E-state index contributed by atoms with van der Waals surface area (Å²) < 4.78 is 40.2. The smallest absolute Gasteiger partial charge is 0.337 e. The lowest BCUT2D eigenvalue weighted by molar-refractivity contribution is 0.0696. The second-order valence-electron chi connectivity index (χ2n) is 3.92. The van der Waals surface area contributed by atoms with E-state index < -0.39 is 26.8 Å². The van der Waals surface area contributed by atoms with E-state index in [-0.39, 0.29) is 11.3 Å². The van der Waals surface area contributed by atoms with E-state index in [0.29, 0.717) is 4.47 Å². The maximum atomic E-state index is 13.6. The number of carbonyl (C=O) groups is 1. The van der Waals surface area contributed by atoms with Crippen LogP contribution < -0.4 is 4.72 Å². The first kappa shape index (κ1) is 15.4. The molecule has 21 heavy (non-hydrogen) atoms. The lowest BCUT2D eigenvalue weighted by Gasteiger charge is -2.08. The van der Waals surface area contributed by atoms with Crippen molar-refractivity contribution in [2.45, 2.75) is 5.03 Å². The molecule has 0 aliphatic heterocycles. The van der Waals surface area contributed by atoms with Crippen molar-refractivity contribution in [3.8, 4) is 0 Å². The average Bonchev–Trinajstić information content (AvgIpc) is 2.42. The molecule has 0 unspecified atom stereocenters. The van der Waals surface area contributed by atoms with Crippen molar-refractivity contribution in [1.82, 2.24) is 4.98 Å². The predicted octanol–water partition coefficient (Wildman–Crippen LogP) is 2.48. The Bertz CT molecular complexity index is 793. The van der Waals surface area contributed by atoms with Crippen LogP contribution in [0.25, 0.3) is 0 Å². The highest BCUT2D eigenvalue weighted by Gasteiger charge is 2.18. The van der Waals surface area contributed by atoms with Crippen molar-refractivity contribution in [1.29, 1.82) is 0 Å². The summed E-state index contributed by atoms with van der Waals surface area (Å²) in [7, 11) is -4.10. The number of rotatable bonds is 4. The maximum absolute atomic E-state index is 13.6. The van der Waals surface area contributed by atoms with Gasteiger partial charge in [0, 0.05) is 10.7 Å². The number of aromatic carboxylic acids is 1. The number of aromatic nitrogens is 1. The Morgan fingerprint density at radius 1 is 1.29 bits per heavy atom.